The molecule has 0 atom stereocenters. The van der Waals surface area contributed by atoms with Crippen LogP contribution < -0.4 is 10.2 Å². The minimum atomic E-state index is 0.106. The Morgan fingerprint density at radius 2 is 1.95 bits per heavy atom. The van der Waals surface area contributed by atoms with Crippen molar-refractivity contribution in [2.75, 3.05) is 11.9 Å². The zero-order valence-electron chi connectivity index (χ0n) is 12.6. The van der Waals surface area contributed by atoms with E-state index in [1.165, 1.54) is 25.7 Å². The number of rotatable bonds is 4. The Kier molecular flexibility index (Phi) is 4.40. The fourth-order valence-electron chi connectivity index (χ4n) is 2.48. The molecular weight excluding hydrogens is 236 g/mol. The predicted octanol–water partition coefficient (Wildman–Crippen LogP) is 2.74. The summed E-state index contributed by atoms with van der Waals surface area (Å²) < 4.78 is 0. The molecule has 0 saturated heterocycles. The lowest BCUT2D eigenvalue weighted by Gasteiger charge is -2.26. The zero-order chi connectivity index (χ0) is 13.9. The minimum absolute atomic E-state index is 0.106. The topological polar surface area (TPSA) is 41.1 Å². The van der Waals surface area contributed by atoms with E-state index in [2.05, 4.69) is 43.0 Å². The average molecular weight is 262 g/mol. The van der Waals surface area contributed by atoms with Gasteiger partial charge in [0.05, 0.1) is 11.9 Å². The molecule has 1 aliphatic rings. The van der Waals surface area contributed by atoms with Crippen LogP contribution in [0.25, 0.3) is 0 Å². The van der Waals surface area contributed by atoms with E-state index in [-0.39, 0.29) is 5.54 Å². The summed E-state index contributed by atoms with van der Waals surface area (Å²) in [5.41, 5.74) is 1.12. The van der Waals surface area contributed by atoms with Crippen molar-refractivity contribution in [3.63, 3.8) is 0 Å². The molecule has 4 heteroatoms. The van der Waals surface area contributed by atoms with Gasteiger partial charge in [-0.25, -0.2) is 4.98 Å². The zero-order valence-corrected chi connectivity index (χ0v) is 12.6. The first-order chi connectivity index (χ1) is 8.96. The van der Waals surface area contributed by atoms with Gasteiger partial charge in [-0.1, -0.05) is 12.8 Å². The van der Waals surface area contributed by atoms with Gasteiger partial charge >= 0.3 is 0 Å². The maximum Gasteiger partial charge on any atom is 0.147 e. The van der Waals surface area contributed by atoms with Crippen LogP contribution >= 0.6 is 0 Å². The van der Waals surface area contributed by atoms with Crippen LogP contribution in [0.15, 0.2) is 12.4 Å². The molecule has 1 fully saturated rings. The molecule has 0 bridgehead atoms. The van der Waals surface area contributed by atoms with Crippen LogP contribution in [0.4, 0.5) is 5.82 Å². The van der Waals surface area contributed by atoms with E-state index in [0.717, 1.165) is 18.1 Å². The molecule has 4 nitrogen and oxygen atoms in total. The summed E-state index contributed by atoms with van der Waals surface area (Å²) >= 11 is 0. The lowest BCUT2D eigenvalue weighted by Crippen LogP contribution is -2.35. The van der Waals surface area contributed by atoms with E-state index in [9.17, 15) is 0 Å². The summed E-state index contributed by atoms with van der Waals surface area (Å²) in [7, 11) is 2.14. The van der Waals surface area contributed by atoms with Crippen molar-refractivity contribution in [1.29, 1.82) is 0 Å². The average Bonchev–Trinajstić information content (AvgIpc) is 2.89. The van der Waals surface area contributed by atoms with E-state index >= 15 is 0 Å². The lowest BCUT2D eigenvalue weighted by molar-refractivity contribution is 0.421. The highest BCUT2D eigenvalue weighted by Crippen LogP contribution is 2.25. The first kappa shape index (κ1) is 14.3. The fourth-order valence-corrected chi connectivity index (χ4v) is 2.48. The minimum Gasteiger partial charge on any atom is -0.355 e. The standard InChI is InChI=1S/C15H26N4/c1-15(2,3)17-10-12-9-16-11-14(18-12)19(4)13-7-5-6-8-13/h9,11,13,17H,5-8,10H2,1-4H3. The second-order valence-electron chi connectivity index (χ2n) is 6.52. The van der Waals surface area contributed by atoms with E-state index in [1.807, 2.05) is 12.4 Å². The van der Waals surface area contributed by atoms with Gasteiger partial charge < -0.3 is 10.2 Å². The van der Waals surface area contributed by atoms with Crippen LogP contribution in [0.3, 0.4) is 0 Å². The molecule has 1 N–H and O–H groups in total. The smallest absolute Gasteiger partial charge is 0.147 e. The third-order valence-corrected chi connectivity index (χ3v) is 3.71. The Hall–Kier alpha value is -1.16. The normalized spacial score (nSPS) is 16.8. The third-order valence-electron chi connectivity index (χ3n) is 3.71. The fraction of sp³-hybridized carbons (Fsp3) is 0.733. The molecule has 1 aromatic rings. The molecule has 0 amide bonds. The lowest BCUT2D eigenvalue weighted by atomic mass is 10.1. The Morgan fingerprint density at radius 1 is 1.26 bits per heavy atom. The van der Waals surface area contributed by atoms with Gasteiger partial charge in [0.1, 0.15) is 5.82 Å². The van der Waals surface area contributed by atoms with E-state index in [4.69, 9.17) is 4.98 Å². The molecule has 1 aromatic heterocycles. The quantitative estimate of drug-likeness (QED) is 0.906. The summed E-state index contributed by atoms with van der Waals surface area (Å²) in [6, 6.07) is 0.639. The molecule has 1 saturated carbocycles. The van der Waals surface area contributed by atoms with E-state index in [1.54, 1.807) is 0 Å². The molecular formula is C15H26N4. The Bertz CT molecular complexity index is 405. The highest BCUT2D eigenvalue weighted by molar-refractivity contribution is 5.37. The summed E-state index contributed by atoms with van der Waals surface area (Å²) in [5.74, 6) is 1.00. The molecule has 2 rings (SSSR count). The van der Waals surface area contributed by atoms with Crippen LogP contribution in [0.5, 0.6) is 0 Å². The van der Waals surface area contributed by atoms with Crippen molar-refractivity contribution in [1.82, 2.24) is 15.3 Å². The molecule has 0 radical (unpaired) electrons. The summed E-state index contributed by atoms with van der Waals surface area (Å²) in [4.78, 5) is 11.3. The van der Waals surface area contributed by atoms with Crippen molar-refractivity contribution < 1.29 is 0 Å². The molecule has 0 spiro atoms. The molecule has 0 aliphatic heterocycles. The molecule has 1 heterocycles. The Labute approximate surface area is 116 Å². The van der Waals surface area contributed by atoms with Crippen molar-refractivity contribution in [2.24, 2.45) is 0 Å². The number of hydrogen-bond donors (Lipinski definition) is 1. The van der Waals surface area contributed by atoms with Gasteiger partial charge in [-0.05, 0) is 33.6 Å². The van der Waals surface area contributed by atoms with Gasteiger partial charge in [-0.3, -0.25) is 4.98 Å². The highest BCUT2D eigenvalue weighted by atomic mass is 15.2. The van der Waals surface area contributed by atoms with E-state index in [0.29, 0.717) is 6.04 Å². The predicted molar refractivity (Wildman–Crippen MR) is 79.3 cm³/mol. The monoisotopic (exact) mass is 262 g/mol. The van der Waals surface area contributed by atoms with Gasteiger partial charge in [-0.15, -0.1) is 0 Å². The molecule has 19 heavy (non-hydrogen) atoms. The molecule has 1 aliphatic carbocycles. The molecule has 106 valence electrons. The van der Waals surface area contributed by atoms with Gasteiger partial charge in [0.2, 0.25) is 0 Å². The van der Waals surface area contributed by atoms with Gasteiger partial charge in [-0.2, -0.15) is 0 Å². The second kappa shape index (κ2) is 5.87. The molecule has 0 unspecified atom stereocenters. The van der Waals surface area contributed by atoms with Gasteiger partial charge in [0, 0.05) is 31.4 Å². The van der Waals surface area contributed by atoms with Crippen LogP contribution in [0.1, 0.15) is 52.1 Å². The summed E-state index contributed by atoms with van der Waals surface area (Å²) in [5, 5.41) is 3.45. The van der Waals surface area contributed by atoms with Crippen LogP contribution in [0, 0.1) is 0 Å². The van der Waals surface area contributed by atoms with Crippen molar-refractivity contribution in [3.05, 3.63) is 18.1 Å². The number of nitrogens with one attached hydrogen (secondary N) is 1. The van der Waals surface area contributed by atoms with Crippen LogP contribution in [-0.2, 0) is 6.54 Å². The van der Waals surface area contributed by atoms with Gasteiger partial charge in [0.25, 0.3) is 0 Å². The van der Waals surface area contributed by atoms with Crippen LogP contribution in [0.2, 0.25) is 0 Å². The van der Waals surface area contributed by atoms with Gasteiger partial charge in [0.15, 0.2) is 0 Å². The summed E-state index contributed by atoms with van der Waals surface area (Å²) in [6.07, 6.45) is 8.97. The number of hydrogen-bond acceptors (Lipinski definition) is 4. The van der Waals surface area contributed by atoms with Crippen molar-refractivity contribution in [3.8, 4) is 0 Å². The number of nitrogens with zero attached hydrogens (tertiary/aromatic N) is 3. The Morgan fingerprint density at radius 3 is 2.58 bits per heavy atom. The van der Waals surface area contributed by atoms with Crippen molar-refractivity contribution in [2.45, 2.75) is 64.6 Å². The first-order valence-corrected chi connectivity index (χ1v) is 7.24. The van der Waals surface area contributed by atoms with Crippen LogP contribution in [-0.4, -0.2) is 28.6 Å². The number of aromatic nitrogens is 2. The number of anilines is 1. The first-order valence-electron chi connectivity index (χ1n) is 7.24. The maximum absolute atomic E-state index is 4.72. The van der Waals surface area contributed by atoms with Crippen molar-refractivity contribution >= 4 is 5.82 Å². The third kappa shape index (κ3) is 4.16. The maximum atomic E-state index is 4.72. The SMILES string of the molecule is CN(c1cncc(CNC(C)(C)C)n1)C1CCCC1. The highest BCUT2D eigenvalue weighted by Gasteiger charge is 2.21. The Balaban J connectivity index is 2.01. The largest absolute Gasteiger partial charge is 0.355 e. The van der Waals surface area contributed by atoms with E-state index < -0.39 is 0 Å². The summed E-state index contributed by atoms with van der Waals surface area (Å²) in [6.45, 7) is 7.25. The molecule has 0 aromatic carbocycles. The second-order valence-corrected chi connectivity index (χ2v) is 6.52.